The van der Waals surface area contributed by atoms with E-state index in [2.05, 4.69) is 4.18 Å². The monoisotopic (exact) mass is 275 g/mol. The van der Waals surface area contributed by atoms with E-state index in [1.165, 1.54) is 12.2 Å². The van der Waals surface area contributed by atoms with Crippen LogP contribution < -0.4 is 0 Å². The number of alkyl halides is 3. The van der Waals surface area contributed by atoms with Crippen molar-refractivity contribution in [1.29, 1.82) is 0 Å². The molecule has 6 nitrogen and oxygen atoms in total. The molecule has 1 N–H and O–H groups in total. The molecule has 10 heteroatoms. The molecule has 1 rings (SSSR count). The van der Waals surface area contributed by atoms with Crippen LogP contribution in [-0.2, 0) is 14.3 Å². The summed E-state index contributed by atoms with van der Waals surface area (Å²) in [5.41, 5.74) is -5.57. The largest absolute Gasteiger partial charge is 0.523 e. The fourth-order valence-electron chi connectivity index (χ4n) is 1.14. The molecule has 0 saturated carbocycles. The van der Waals surface area contributed by atoms with Gasteiger partial charge in [0.25, 0.3) is 0 Å². The van der Waals surface area contributed by atoms with Crippen molar-refractivity contribution < 1.29 is 35.7 Å². The first-order valence-electron chi connectivity index (χ1n) is 4.29. The zero-order valence-corrected chi connectivity index (χ0v) is 9.03. The highest BCUT2D eigenvalue weighted by atomic mass is 32.2. The summed E-state index contributed by atoms with van der Waals surface area (Å²) in [6, 6.07) is 0. The maximum Gasteiger partial charge on any atom is 0.523 e. The molecule has 0 saturated heterocycles. The van der Waals surface area contributed by atoms with Crippen molar-refractivity contribution in [1.82, 2.24) is 4.90 Å². The predicted octanol–water partition coefficient (Wildman–Crippen LogP) is 1.12. The van der Waals surface area contributed by atoms with Crippen molar-refractivity contribution in [2.45, 2.75) is 18.2 Å². The lowest BCUT2D eigenvalue weighted by atomic mass is 10.2. The zero-order chi connectivity index (χ0) is 13.3. The number of rotatable bonds is 2. The van der Waals surface area contributed by atoms with E-state index in [4.69, 9.17) is 5.11 Å². The summed E-state index contributed by atoms with van der Waals surface area (Å²) in [4.78, 5) is 11.1. The molecule has 1 aliphatic heterocycles. The lowest BCUT2D eigenvalue weighted by Gasteiger charge is -2.29. The van der Waals surface area contributed by atoms with Crippen LogP contribution in [0.15, 0.2) is 12.2 Å². The highest BCUT2D eigenvalue weighted by Gasteiger charge is 2.49. The maximum absolute atomic E-state index is 12.0. The fourth-order valence-corrected chi connectivity index (χ4v) is 1.72. The quantitative estimate of drug-likeness (QED) is 0.464. The molecule has 1 aliphatic rings. The number of halogens is 3. The molecule has 98 valence electrons. The predicted molar refractivity (Wildman–Crippen MR) is 48.3 cm³/mol. The van der Waals surface area contributed by atoms with E-state index in [0.717, 1.165) is 0 Å². The zero-order valence-electron chi connectivity index (χ0n) is 8.22. The lowest BCUT2D eigenvalue weighted by molar-refractivity contribution is -0.0651. The second kappa shape index (κ2) is 4.53. The molecule has 1 amide bonds. The summed E-state index contributed by atoms with van der Waals surface area (Å²) in [7, 11) is -5.80. The molecular weight excluding hydrogens is 267 g/mol. The molecule has 1 unspecified atom stereocenters. The minimum absolute atomic E-state index is 0.229. The first-order chi connectivity index (χ1) is 7.65. The third kappa shape index (κ3) is 3.09. The van der Waals surface area contributed by atoms with Gasteiger partial charge in [-0.3, -0.25) is 4.90 Å². The Labute approximate surface area is 94.4 Å². The maximum atomic E-state index is 12.0. The molecule has 0 aromatic carbocycles. The number of carboxylic acid groups (broad SMARTS) is 1. The van der Waals surface area contributed by atoms with Crippen molar-refractivity contribution in [3.05, 3.63) is 12.2 Å². The number of nitrogens with zero attached hydrogens (tertiary/aromatic N) is 1. The second-order valence-electron chi connectivity index (χ2n) is 3.09. The van der Waals surface area contributed by atoms with Gasteiger partial charge < -0.3 is 5.11 Å². The minimum atomic E-state index is -5.80. The van der Waals surface area contributed by atoms with Gasteiger partial charge in [-0.2, -0.15) is 21.6 Å². The van der Waals surface area contributed by atoms with Gasteiger partial charge in [-0.1, -0.05) is 12.2 Å². The van der Waals surface area contributed by atoms with Crippen LogP contribution in [-0.4, -0.2) is 42.8 Å². The lowest BCUT2D eigenvalue weighted by Crippen LogP contribution is -2.45. The molecule has 0 aromatic rings. The number of carbonyl (C=O) groups is 1. The van der Waals surface area contributed by atoms with Gasteiger partial charge in [0.05, 0.1) is 0 Å². The third-order valence-electron chi connectivity index (χ3n) is 1.92. The molecule has 0 bridgehead atoms. The number of amides is 1. The van der Waals surface area contributed by atoms with Gasteiger partial charge in [0.1, 0.15) is 0 Å². The molecule has 1 heterocycles. The van der Waals surface area contributed by atoms with Gasteiger partial charge in [0, 0.05) is 13.0 Å². The normalized spacial score (nSPS) is 21.6. The Kier molecular flexibility index (Phi) is 3.67. The van der Waals surface area contributed by atoms with E-state index in [-0.39, 0.29) is 13.0 Å². The van der Waals surface area contributed by atoms with Gasteiger partial charge in [-0.15, -0.1) is 0 Å². The van der Waals surface area contributed by atoms with Crippen molar-refractivity contribution in [3.63, 3.8) is 0 Å². The van der Waals surface area contributed by atoms with Crippen LogP contribution in [0.5, 0.6) is 0 Å². The van der Waals surface area contributed by atoms with Gasteiger partial charge in [0.15, 0.2) is 6.23 Å². The summed E-state index contributed by atoms with van der Waals surface area (Å²) in [5, 5.41) is 8.64. The SMILES string of the molecule is O=C(O)N1CC=CCC1OS(=O)(=O)C(F)(F)F. The van der Waals surface area contributed by atoms with Crippen LogP contribution in [0.1, 0.15) is 6.42 Å². The summed E-state index contributed by atoms with van der Waals surface area (Å²) in [6.45, 7) is -0.229. The summed E-state index contributed by atoms with van der Waals surface area (Å²) < 4.78 is 61.3. The van der Waals surface area contributed by atoms with Gasteiger partial charge in [0.2, 0.25) is 0 Å². The number of hydrogen-bond acceptors (Lipinski definition) is 4. The molecule has 17 heavy (non-hydrogen) atoms. The van der Waals surface area contributed by atoms with Crippen molar-refractivity contribution in [2.24, 2.45) is 0 Å². The smallest absolute Gasteiger partial charge is 0.465 e. The van der Waals surface area contributed by atoms with E-state index >= 15 is 0 Å². The fraction of sp³-hybridized carbons (Fsp3) is 0.571. The van der Waals surface area contributed by atoms with Crippen LogP contribution in [0, 0.1) is 0 Å². The highest BCUT2D eigenvalue weighted by Crippen LogP contribution is 2.27. The van der Waals surface area contributed by atoms with E-state index in [0.29, 0.717) is 4.90 Å². The van der Waals surface area contributed by atoms with Crippen LogP contribution in [0.2, 0.25) is 0 Å². The Morgan fingerprint density at radius 1 is 1.41 bits per heavy atom. The van der Waals surface area contributed by atoms with Crippen LogP contribution in [0.3, 0.4) is 0 Å². The minimum Gasteiger partial charge on any atom is -0.465 e. The van der Waals surface area contributed by atoms with Crippen molar-refractivity contribution in [3.8, 4) is 0 Å². The Morgan fingerprint density at radius 2 is 2.00 bits per heavy atom. The first kappa shape index (κ1) is 13.8. The standard InChI is InChI=1S/C7H8F3NO5S/c8-7(9,10)17(14,15)16-5-3-1-2-4-11(5)6(12)13/h1-2,5H,3-4H2,(H,12,13). The molecule has 0 fully saturated rings. The topological polar surface area (TPSA) is 83.9 Å². The van der Waals surface area contributed by atoms with Crippen LogP contribution in [0.25, 0.3) is 0 Å². The summed E-state index contributed by atoms with van der Waals surface area (Å²) in [6.07, 6.45) is -0.785. The summed E-state index contributed by atoms with van der Waals surface area (Å²) in [5.74, 6) is 0. The van der Waals surface area contributed by atoms with Crippen molar-refractivity contribution >= 4 is 16.2 Å². The highest BCUT2D eigenvalue weighted by molar-refractivity contribution is 7.87. The van der Waals surface area contributed by atoms with Gasteiger partial charge >= 0.3 is 21.7 Å². The molecule has 1 atom stereocenters. The van der Waals surface area contributed by atoms with E-state index < -0.39 is 27.9 Å². The Bertz CT molecular complexity index is 429. The molecule has 0 aliphatic carbocycles. The average molecular weight is 275 g/mol. The van der Waals surface area contributed by atoms with Crippen LogP contribution >= 0.6 is 0 Å². The first-order valence-corrected chi connectivity index (χ1v) is 5.70. The number of hydrogen-bond donors (Lipinski definition) is 1. The van der Waals surface area contributed by atoms with Crippen molar-refractivity contribution in [2.75, 3.05) is 6.54 Å². The van der Waals surface area contributed by atoms with Gasteiger partial charge in [-0.05, 0) is 0 Å². The summed E-state index contributed by atoms with van der Waals surface area (Å²) >= 11 is 0. The molecule has 0 aromatic heterocycles. The molecule has 0 radical (unpaired) electrons. The Hall–Kier alpha value is -1.29. The average Bonchev–Trinajstić information content (AvgIpc) is 2.15. The van der Waals surface area contributed by atoms with E-state index in [1.807, 2.05) is 0 Å². The van der Waals surface area contributed by atoms with Crippen LogP contribution in [0.4, 0.5) is 18.0 Å². The third-order valence-corrected chi connectivity index (χ3v) is 2.96. The molecular formula is C7H8F3NO5S. The Morgan fingerprint density at radius 3 is 2.47 bits per heavy atom. The Balaban J connectivity index is 2.87. The van der Waals surface area contributed by atoms with E-state index in [9.17, 15) is 26.4 Å². The second-order valence-corrected chi connectivity index (χ2v) is 4.66. The van der Waals surface area contributed by atoms with E-state index in [1.54, 1.807) is 0 Å². The van der Waals surface area contributed by atoms with Gasteiger partial charge in [-0.25, -0.2) is 8.98 Å². The molecule has 0 spiro atoms.